The number of halogens is 1. The zero-order valence-corrected chi connectivity index (χ0v) is 10.9. The van der Waals surface area contributed by atoms with Gasteiger partial charge < -0.3 is 4.98 Å². The zero-order chi connectivity index (χ0) is 12.5. The second-order valence-corrected chi connectivity index (χ2v) is 4.88. The molecule has 0 saturated heterocycles. The Morgan fingerprint density at radius 2 is 1.89 bits per heavy atom. The van der Waals surface area contributed by atoms with Gasteiger partial charge in [-0.15, -0.1) is 0 Å². The fourth-order valence-electron chi connectivity index (χ4n) is 1.87. The SMILES string of the molecule is O=c1cc(-c2ccccc2)[nH]c2ncc(Br)cc12. The lowest BCUT2D eigenvalue weighted by Crippen LogP contribution is -2.04. The third kappa shape index (κ3) is 1.95. The van der Waals surface area contributed by atoms with Crippen LogP contribution < -0.4 is 5.43 Å². The third-order valence-electron chi connectivity index (χ3n) is 2.73. The van der Waals surface area contributed by atoms with Gasteiger partial charge in [-0.2, -0.15) is 0 Å². The number of hydrogen-bond donors (Lipinski definition) is 1. The minimum absolute atomic E-state index is 0.0311. The molecule has 4 heteroatoms. The monoisotopic (exact) mass is 300 g/mol. The highest BCUT2D eigenvalue weighted by Crippen LogP contribution is 2.18. The fraction of sp³-hybridized carbons (Fsp3) is 0. The molecule has 0 unspecified atom stereocenters. The van der Waals surface area contributed by atoms with Crippen LogP contribution in [0, 0.1) is 0 Å². The van der Waals surface area contributed by atoms with Crippen molar-refractivity contribution in [1.29, 1.82) is 0 Å². The van der Waals surface area contributed by atoms with Crippen LogP contribution in [0.15, 0.2) is 57.9 Å². The predicted molar refractivity (Wildman–Crippen MR) is 75.5 cm³/mol. The highest BCUT2D eigenvalue weighted by atomic mass is 79.9. The normalized spacial score (nSPS) is 10.7. The molecule has 0 amide bonds. The van der Waals surface area contributed by atoms with Crippen molar-refractivity contribution >= 4 is 27.0 Å². The Kier molecular flexibility index (Phi) is 2.72. The number of rotatable bonds is 1. The molecule has 3 nitrogen and oxygen atoms in total. The fourth-order valence-corrected chi connectivity index (χ4v) is 2.20. The molecule has 0 bridgehead atoms. The summed E-state index contributed by atoms with van der Waals surface area (Å²) < 4.78 is 0.799. The Morgan fingerprint density at radius 3 is 2.67 bits per heavy atom. The van der Waals surface area contributed by atoms with Gasteiger partial charge in [0.2, 0.25) is 0 Å². The Labute approximate surface area is 112 Å². The van der Waals surface area contributed by atoms with Gasteiger partial charge in [-0.05, 0) is 27.6 Å². The minimum atomic E-state index is -0.0311. The maximum atomic E-state index is 12.0. The first-order chi connectivity index (χ1) is 8.74. The first-order valence-corrected chi connectivity index (χ1v) is 6.27. The molecule has 0 aliphatic heterocycles. The minimum Gasteiger partial charge on any atom is -0.339 e. The molecule has 0 aliphatic rings. The highest BCUT2D eigenvalue weighted by Gasteiger charge is 2.05. The Hall–Kier alpha value is -1.94. The second kappa shape index (κ2) is 4.38. The van der Waals surface area contributed by atoms with Crippen molar-refractivity contribution in [1.82, 2.24) is 9.97 Å². The number of fused-ring (bicyclic) bond motifs is 1. The molecule has 2 aromatic heterocycles. The Balaban J connectivity index is 2.29. The maximum absolute atomic E-state index is 12.0. The van der Waals surface area contributed by atoms with Crippen molar-refractivity contribution in [2.45, 2.75) is 0 Å². The van der Waals surface area contributed by atoms with Gasteiger partial charge in [0, 0.05) is 16.7 Å². The molecular weight excluding hydrogens is 292 g/mol. The van der Waals surface area contributed by atoms with Crippen LogP contribution >= 0.6 is 15.9 Å². The predicted octanol–water partition coefficient (Wildman–Crippen LogP) is 3.35. The van der Waals surface area contributed by atoms with Crippen LogP contribution in [0.1, 0.15) is 0 Å². The summed E-state index contributed by atoms with van der Waals surface area (Å²) in [6.07, 6.45) is 1.67. The number of aromatic nitrogens is 2. The van der Waals surface area contributed by atoms with Crippen LogP contribution in [0.4, 0.5) is 0 Å². The van der Waals surface area contributed by atoms with Crippen LogP contribution in [0.5, 0.6) is 0 Å². The molecule has 3 rings (SSSR count). The highest BCUT2D eigenvalue weighted by molar-refractivity contribution is 9.10. The average Bonchev–Trinajstić information content (AvgIpc) is 2.40. The summed E-state index contributed by atoms with van der Waals surface area (Å²) in [5.41, 5.74) is 2.32. The van der Waals surface area contributed by atoms with Crippen LogP contribution in [0.25, 0.3) is 22.3 Å². The Bertz CT molecular complexity index is 766. The van der Waals surface area contributed by atoms with E-state index >= 15 is 0 Å². The van der Waals surface area contributed by atoms with Gasteiger partial charge in [-0.1, -0.05) is 30.3 Å². The summed E-state index contributed by atoms with van der Waals surface area (Å²) in [5, 5.41) is 0.587. The van der Waals surface area contributed by atoms with Crippen LogP contribution in [0.3, 0.4) is 0 Å². The summed E-state index contributed by atoms with van der Waals surface area (Å²) in [6, 6.07) is 13.1. The smallest absolute Gasteiger partial charge is 0.191 e. The third-order valence-corrected chi connectivity index (χ3v) is 3.17. The van der Waals surface area contributed by atoms with Crippen molar-refractivity contribution < 1.29 is 0 Å². The number of nitrogens with zero attached hydrogens (tertiary/aromatic N) is 1. The number of pyridine rings is 2. The van der Waals surface area contributed by atoms with Gasteiger partial charge >= 0.3 is 0 Å². The number of benzene rings is 1. The van der Waals surface area contributed by atoms with Crippen LogP contribution in [0.2, 0.25) is 0 Å². The summed E-state index contributed by atoms with van der Waals surface area (Å²) >= 11 is 3.31. The quantitative estimate of drug-likeness (QED) is 0.749. The summed E-state index contributed by atoms with van der Waals surface area (Å²) in [4.78, 5) is 19.4. The van der Waals surface area contributed by atoms with Gasteiger partial charge in [-0.3, -0.25) is 4.79 Å². The van der Waals surface area contributed by atoms with Crippen LogP contribution in [-0.4, -0.2) is 9.97 Å². The van der Waals surface area contributed by atoms with E-state index in [0.29, 0.717) is 11.0 Å². The van der Waals surface area contributed by atoms with E-state index in [-0.39, 0.29) is 5.43 Å². The van der Waals surface area contributed by atoms with Gasteiger partial charge in [0.1, 0.15) is 5.65 Å². The molecule has 0 fully saturated rings. The number of H-pyrrole nitrogens is 1. The first kappa shape index (κ1) is 11.2. The summed E-state index contributed by atoms with van der Waals surface area (Å²) in [7, 11) is 0. The standard InChI is InChI=1S/C14H9BrN2O/c15-10-6-11-13(18)7-12(17-14(11)16-8-10)9-4-2-1-3-5-9/h1-8H,(H,16,17,18). The van der Waals surface area contributed by atoms with Crippen molar-refractivity contribution in [2.24, 2.45) is 0 Å². The van der Waals surface area contributed by atoms with Gasteiger partial charge in [0.05, 0.1) is 11.1 Å². The van der Waals surface area contributed by atoms with Crippen molar-refractivity contribution in [3.05, 3.63) is 63.4 Å². The van der Waals surface area contributed by atoms with Gasteiger partial charge in [0.15, 0.2) is 5.43 Å². The molecular formula is C14H9BrN2O. The van der Waals surface area contributed by atoms with E-state index in [0.717, 1.165) is 15.7 Å². The van der Waals surface area contributed by atoms with E-state index in [1.54, 1.807) is 18.3 Å². The van der Waals surface area contributed by atoms with E-state index in [4.69, 9.17) is 0 Å². The molecule has 0 saturated carbocycles. The zero-order valence-electron chi connectivity index (χ0n) is 9.35. The van der Waals surface area contributed by atoms with Gasteiger partial charge in [-0.25, -0.2) is 4.98 Å². The lowest BCUT2D eigenvalue weighted by molar-refractivity contribution is 1.27. The van der Waals surface area contributed by atoms with Crippen LogP contribution in [-0.2, 0) is 0 Å². The molecule has 2 heterocycles. The van der Waals surface area contributed by atoms with Gasteiger partial charge in [0.25, 0.3) is 0 Å². The maximum Gasteiger partial charge on any atom is 0.191 e. The summed E-state index contributed by atoms with van der Waals surface area (Å²) in [6.45, 7) is 0. The largest absolute Gasteiger partial charge is 0.339 e. The molecule has 1 N–H and O–H groups in total. The lowest BCUT2D eigenvalue weighted by Gasteiger charge is -2.04. The number of hydrogen-bond acceptors (Lipinski definition) is 2. The van der Waals surface area contributed by atoms with Crippen molar-refractivity contribution in [3.63, 3.8) is 0 Å². The molecule has 3 aromatic rings. The molecule has 0 spiro atoms. The topological polar surface area (TPSA) is 45.8 Å². The molecule has 18 heavy (non-hydrogen) atoms. The van der Waals surface area contributed by atoms with E-state index in [9.17, 15) is 4.79 Å². The summed E-state index contributed by atoms with van der Waals surface area (Å²) in [5.74, 6) is 0. The van der Waals surface area contributed by atoms with E-state index in [1.165, 1.54) is 0 Å². The molecule has 1 aromatic carbocycles. The second-order valence-electron chi connectivity index (χ2n) is 3.96. The molecule has 88 valence electrons. The average molecular weight is 301 g/mol. The lowest BCUT2D eigenvalue weighted by atomic mass is 10.1. The van der Waals surface area contributed by atoms with Crippen molar-refractivity contribution in [3.8, 4) is 11.3 Å². The molecule has 0 radical (unpaired) electrons. The van der Waals surface area contributed by atoms with Crippen molar-refractivity contribution in [2.75, 3.05) is 0 Å². The van der Waals surface area contributed by atoms with E-state index in [1.807, 2.05) is 30.3 Å². The molecule has 0 atom stereocenters. The van der Waals surface area contributed by atoms with E-state index < -0.39 is 0 Å². The first-order valence-electron chi connectivity index (χ1n) is 5.48. The Morgan fingerprint density at radius 1 is 1.11 bits per heavy atom. The molecule has 0 aliphatic carbocycles. The number of aromatic amines is 1. The van der Waals surface area contributed by atoms with E-state index in [2.05, 4.69) is 25.9 Å². The number of nitrogens with one attached hydrogen (secondary N) is 1.